The van der Waals surface area contributed by atoms with Gasteiger partial charge in [0, 0.05) is 6.61 Å². The fourth-order valence-electron chi connectivity index (χ4n) is 1.97. The molecule has 1 fully saturated rings. The molecule has 1 aromatic heterocycles. The fourth-order valence-corrected chi connectivity index (χ4v) is 1.97. The van der Waals surface area contributed by atoms with Crippen molar-refractivity contribution >= 4 is 11.8 Å². The molecule has 18 heavy (non-hydrogen) atoms. The molecule has 0 amide bonds. The van der Waals surface area contributed by atoms with Crippen LogP contribution >= 0.6 is 0 Å². The second-order valence-electron chi connectivity index (χ2n) is 4.62. The van der Waals surface area contributed by atoms with Crippen LogP contribution in [0.3, 0.4) is 0 Å². The van der Waals surface area contributed by atoms with Crippen molar-refractivity contribution < 1.29 is 14.3 Å². The summed E-state index contributed by atoms with van der Waals surface area (Å²) in [6, 6.07) is 0. The monoisotopic (exact) mass is 251 g/mol. The number of nitrogens with zero attached hydrogens (tertiary/aromatic N) is 2. The Bertz CT molecular complexity index is 430. The van der Waals surface area contributed by atoms with E-state index in [1.165, 1.54) is 13.3 Å². The predicted octanol–water partition coefficient (Wildman–Crippen LogP) is 1.24. The van der Waals surface area contributed by atoms with Gasteiger partial charge in [0.05, 0.1) is 31.6 Å². The van der Waals surface area contributed by atoms with Gasteiger partial charge in [-0.3, -0.25) is 4.98 Å². The molecule has 1 atom stereocenters. The summed E-state index contributed by atoms with van der Waals surface area (Å²) in [6.45, 7) is 3.49. The molecule has 1 saturated heterocycles. The fraction of sp³-hybridized carbons (Fsp3) is 0.583. The number of rotatable bonds is 3. The van der Waals surface area contributed by atoms with E-state index in [-0.39, 0.29) is 11.2 Å². The Morgan fingerprint density at radius 2 is 2.39 bits per heavy atom. The third kappa shape index (κ3) is 2.95. The summed E-state index contributed by atoms with van der Waals surface area (Å²) in [5.41, 5.74) is 0.0321. The molecule has 1 N–H and O–H groups in total. The summed E-state index contributed by atoms with van der Waals surface area (Å²) in [7, 11) is 1.32. The largest absolute Gasteiger partial charge is 0.464 e. The van der Waals surface area contributed by atoms with Crippen LogP contribution in [0.25, 0.3) is 0 Å². The Kier molecular flexibility index (Phi) is 3.76. The first-order valence-electron chi connectivity index (χ1n) is 5.89. The lowest BCUT2D eigenvalue weighted by atomic mass is 9.95. The SMILES string of the molecule is COC(=O)c1cncc(NC2(C)CCCOC2)n1. The van der Waals surface area contributed by atoms with Gasteiger partial charge in [-0.1, -0.05) is 0 Å². The van der Waals surface area contributed by atoms with Gasteiger partial charge >= 0.3 is 5.97 Å². The molecule has 6 nitrogen and oxygen atoms in total. The van der Waals surface area contributed by atoms with Crippen molar-refractivity contribution in [2.24, 2.45) is 0 Å². The minimum atomic E-state index is -0.490. The van der Waals surface area contributed by atoms with Crippen LogP contribution in [0.2, 0.25) is 0 Å². The molecule has 1 aromatic rings. The Hall–Kier alpha value is -1.69. The molecule has 0 radical (unpaired) electrons. The summed E-state index contributed by atoms with van der Waals surface area (Å²) >= 11 is 0. The highest BCUT2D eigenvalue weighted by Crippen LogP contribution is 2.22. The standard InChI is InChI=1S/C12H17N3O3/c1-12(4-3-5-18-8-12)15-10-7-13-6-9(14-10)11(16)17-2/h6-7H,3-5,8H2,1-2H3,(H,14,15). The van der Waals surface area contributed by atoms with Crippen LogP contribution in [0, 0.1) is 0 Å². The molecule has 0 bridgehead atoms. The highest BCUT2D eigenvalue weighted by molar-refractivity contribution is 5.87. The maximum absolute atomic E-state index is 11.4. The zero-order chi connectivity index (χ0) is 13.0. The topological polar surface area (TPSA) is 73.3 Å². The van der Waals surface area contributed by atoms with E-state index >= 15 is 0 Å². The Morgan fingerprint density at radius 1 is 1.56 bits per heavy atom. The van der Waals surface area contributed by atoms with Gasteiger partial charge < -0.3 is 14.8 Å². The van der Waals surface area contributed by atoms with E-state index in [0.29, 0.717) is 12.4 Å². The van der Waals surface area contributed by atoms with Crippen LogP contribution in [-0.2, 0) is 9.47 Å². The van der Waals surface area contributed by atoms with Crippen molar-refractivity contribution in [2.75, 3.05) is 25.6 Å². The molecule has 0 aliphatic carbocycles. The average molecular weight is 251 g/mol. The Morgan fingerprint density at radius 3 is 3.06 bits per heavy atom. The van der Waals surface area contributed by atoms with Gasteiger partial charge in [0.15, 0.2) is 5.69 Å². The van der Waals surface area contributed by atoms with E-state index in [1.807, 2.05) is 0 Å². The molecule has 1 aliphatic rings. The third-order valence-corrected chi connectivity index (χ3v) is 2.90. The number of anilines is 1. The van der Waals surface area contributed by atoms with Gasteiger partial charge in [-0.25, -0.2) is 9.78 Å². The molecular formula is C12H17N3O3. The lowest BCUT2D eigenvalue weighted by Crippen LogP contribution is -2.43. The zero-order valence-electron chi connectivity index (χ0n) is 10.6. The molecule has 0 saturated carbocycles. The quantitative estimate of drug-likeness (QED) is 0.815. The van der Waals surface area contributed by atoms with Gasteiger partial charge in [-0.2, -0.15) is 0 Å². The minimum Gasteiger partial charge on any atom is -0.464 e. The van der Waals surface area contributed by atoms with Crippen molar-refractivity contribution in [3.8, 4) is 0 Å². The summed E-state index contributed by atoms with van der Waals surface area (Å²) in [5, 5.41) is 3.27. The van der Waals surface area contributed by atoms with Crippen molar-refractivity contribution in [2.45, 2.75) is 25.3 Å². The highest BCUT2D eigenvalue weighted by atomic mass is 16.5. The Balaban J connectivity index is 2.11. The van der Waals surface area contributed by atoms with Gasteiger partial charge in [-0.15, -0.1) is 0 Å². The molecule has 1 unspecified atom stereocenters. The van der Waals surface area contributed by atoms with E-state index in [4.69, 9.17) is 4.74 Å². The minimum absolute atomic E-state index is 0.165. The first kappa shape index (κ1) is 12.8. The number of esters is 1. The molecule has 0 spiro atoms. The number of hydrogen-bond donors (Lipinski definition) is 1. The van der Waals surface area contributed by atoms with Crippen molar-refractivity contribution in [3.05, 3.63) is 18.1 Å². The lowest BCUT2D eigenvalue weighted by molar-refractivity contribution is 0.0538. The van der Waals surface area contributed by atoms with Crippen LogP contribution in [0.4, 0.5) is 5.82 Å². The molecule has 0 aromatic carbocycles. The smallest absolute Gasteiger partial charge is 0.358 e. The molecule has 2 rings (SSSR count). The normalized spacial score (nSPS) is 23.4. The van der Waals surface area contributed by atoms with E-state index < -0.39 is 5.97 Å². The highest BCUT2D eigenvalue weighted by Gasteiger charge is 2.28. The van der Waals surface area contributed by atoms with Crippen LogP contribution in [-0.4, -0.2) is 41.8 Å². The van der Waals surface area contributed by atoms with Gasteiger partial charge in [0.1, 0.15) is 5.82 Å². The first-order valence-corrected chi connectivity index (χ1v) is 5.89. The van der Waals surface area contributed by atoms with Crippen molar-refractivity contribution in [3.63, 3.8) is 0 Å². The number of hydrogen-bond acceptors (Lipinski definition) is 6. The van der Waals surface area contributed by atoms with Crippen LogP contribution in [0.1, 0.15) is 30.3 Å². The molecule has 98 valence electrons. The maximum atomic E-state index is 11.4. The van der Waals surface area contributed by atoms with E-state index in [9.17, 15) is 4.79 Å². The summed E-state index contributed by atoms with van der Waals surface area (Å²) in [6.07, 6.45) is 4.98. The van der Waals surface area contributed by atoms with Crippen molar-refractivity contribution in [1.82, 2.24) is 9.97 Å². The zero-order valence-corrected chi connectivity index (χ0v) is 10.6. The summed E-state index contributed by atoms with van der Waals surface area (Å²) < 4.78 is 10.1. The second kappa shape index (κ2) is 5.30. The van der Waals surface area contributed by atoms with Gasteiger partial charge in [0.2, 0.25) is 0 Å². The predicted molar refractivity (Wildman–Crippen MR) is 65.5 cm³/mol. The Labute approximate surface area is 106 Å². The lowest BCUT2D eigenvalue weighted by Gasteiger charge is -2.34. The molecular weight excluding hydrogens is 234 g/mol. The number of nitrogens with one attached hydrogen (secondary N) is 1. The number of carbonyl (C=O) groups is 1. The third-order valence-electron chi connectivity index (χ3n) is 2.90. The second-order valence-corrected chi connectivity index (χ2v) is 4.62. The molecule has 2 heterocycles. The van der Waals surface area contributed by atoms with Crippen LogP contribution < -0.4 is 5.32 Å². The van der Waals surface area contributed by atoms with Crippen molar-refractivity contribution in [1.29, 1.82) is 0 Å². The number of methoxy groups -OCH3 is 1. The summed E-state index contributed by atoms with van der Waals surface area (Å²) in [5.74, 6) is 0.0714. The first-order chi connectivity index (χ1) is 8.63. The van der Waals surface area contributed by atoms with Gasteiger partial charge in [0.25, 0.3) is 0 Å². The maximum Gasteiger partial charge on any atom is 0.358 e. The van der Waals surface area contributed by atoms with E-state index in [1.54, 1.807) is 6.20 Å². The molecule has 6 heteroatoms. The van der Waals surface area contributed by atoms with Crippen LogP contribution in [0.15, 0.2) is 12.4 Å². The van der Waals surface area contributed by atoms with E-state index in [0.717, 1.165) is 19.4 Å². The van der Waals surface area contributed by atoms with Gasteiger partial charge in [-0.05, 0) is 19.8 Å². The van der Waals surface area contributed by atoms with Crippen LogP contribution in [0.5, 0.6) is 0 Å². The number of aromatic nitrogens is 2. The summed E-state index contributed by atoms with van der Waals surface area (Å²) in [4.78, 5) is 19.5. The number of ether oxygens (including phenoxy) is 2. The average Bonchev–Trinajstić information content (AvgIpc) is 2.38. The molecule has 1 aliphatic heterocycles. The number of carbonyl (C=O) groups excluding carboxylic acids is 1. The van der Waals surface area contributed by atoms with E-state index in [2.05, 4.69) is 26.9 Å².